The summed E-state index contributed by atoms with van der Waals surface area (Å²) in [5, 5.41) is 0. The Morgan fingerprint density at radius 2 is 1.81 bits per heavy atom. The molecule has 3 aromatic rings. The Bertz CT molecular complexity index is 1030. The summed E-state index contributed by atoms with van der Waals surface area (Å²) < 4.78 is 11.8. The monoisotopic (exact) mass is 416 g/mol. The Labute approximate surface area is 183 Å². The maximum absolute atomic E-state index is 6.29. The van der Waals surface area contributed by atoms with E-state index in [1.165, 1.54) is 11.1 Å². The van der Waals surface area contributed by atoms with Crippen LogP contribution in [0, 0.1) is 6.92 Å². The van der Waals surface area contributed by atoms with E-state index in [4.69, 9.17) is 19.4 Å². The van der Waals surface area contributed by atoms with Gasteiger partial charge in [-0.2, -0.15) is 4.98 Å². The van der Waals surface area contributed by atoms with Crippen molar-refractivity contribution in [3.63, 3.8) is 0 Å². The van der Waals surface area contributed by atoms with Crippen LogP contribution in [0.5, 0.6) is 11.6 Å². The lowest BCUT2D eigenvalue weighted by atomic mass is 10.0. The van der Waals surface area contributed by atoms with Gasteiger partial charge in [0.15, 0.2) is 0 Å². The zero-order chi connectivity index (χ0) is 21.0. The molecule has 3 heterocycles. The fourth-order valence-corrected chi connectivity index (χ4v) is 4.22. The van der Waals surface area contributed by atoms with E-state index in [0.717, 1.165) is 62.1 Å². The normalized spacial score (nSPS) is 16.7. The molecule has 0 atom stereocenters. The van der Waals surface area contributed by atoms with Gasteiger partial charge in [-0.15, -0.1) is 0 Å². The molecule has 0 N–H and O–H groups in total. The van der Waals surface area contributed by atoms with E-state index >= 15 is 0 Å². The summed E-state index contributed by atoms with van der Waals surface area (Å²) in [5.74, 6) is 2.22. The van der Waals surface area contributed by atoms with Crippen LogP contribution in [0.15, 0.2) is 54.6 Å². The van der Waals surface area contributed by atoms with Crippen LogP contribution in [0.4, 0.5) is 5.95 Å². The maximum atomic E-state index is 6.29. The fraction of sp³-hybridized carbons (Fsp3) is 0.360. The van der Waals surface area contributed by atoms with Crippen molar-refractivity contribution in [2.24, 2.45) is 0 Å². The number of ether oxygens (including phenoxy) is 2. The van der Waals surface area contributed by atoms with Gasteiger partial charge in [0.25, 0.3) is 0 Å². The van der Waals surface area contributed by atoms with Crippen LogP contribution in [0.3, 0.4) is 0 Å². The number of para-hydroxylation sites is 1. The SMILES string of the molecule is Cc1cccc(CN2CCc3nc(N4CCOCC4)nc(Oc4ccccc4)c3C2)c1. The number of hydrogen-bond donors (Lipinski definition) is 0. The molecule has 160 valence electrons. The van der Waals surface area contributed by atoms with E-state index in [1.807, 2.05) is 30.3 Å². The number of anilines is 1. The van der Waals surface area contributed by atoms with Crippen molar-refractivity contribution in [2.75, 3.05) is 37.7 Å². The Morgan fingerprint density at radius 3 is 2.61 bits per heavy atom. The van der Waals surface area contributed by atoms with Gasteiger partial charge in [0, 0.05) is 39.1 Å². The summed E-state index contributed by atoms with van der Waals surface area (Å²) in [6.45, 7) is 7.85. The van der Waals surface area contributed by atoms with E-state index in [-0.39, 0.29) is 0 Å². The standard InChI is InChI=1S/C25H28N4O2/c1-19-6-5-7-20(16-19)17-28-11-10-23-22(18-28)24(31-21-8-3-2-4-9-21)27-25(26-23)29-12-14-30-15-13-29/h2-9,16H,10-15,17-18H2,1H3. The van der Waals surface area contributed by atoms with Crippen molar-refractivity contribution in [1.82, 2.24) is 14.9 Å². The van der Waals surface area contributed by atoms with Crippen molar-refractivity contribution in [1.29, 1.82) is 0 Å². The number of nitrogens with zero attached hydrogens (tertiary/aromatic N) is 4. The molecule has 0 spiro atoms. The van der Waals surface area contributed by atoms with E-state index in [9.17, 15) is 0 Å². The lowest BCUT2D eigenvalue weighted by Gasteiger charge is -2.32. The third-order valence-corrected chi connectivity index (χ3v) is 5.83. The molecule has 1 saturated heterocycles. The van der Waals surface area contributed by atoms with Crippen LogP contribution >= 0.6 is 0 Å². The number of morpholine rings is 1. The summed E-state index contributed by atoms with van der Waals surface area (Å²) in [5.41, 5.74) is 4.82. The molecule has 2 aliphatic heterocycles. The molecule has 5 rings (SSSR count). The van der Waals surface area contributed by atoms with Gasteiger partial charge in [0.1, 0.15) is 5.75 Å². The van der Waals surface area contributed by atoms with Crippen LogP contribution in [0.25, 0.3) is 0 Å². The van der Waals surface area contributed by atoms with Crippen LogP contribution in [-0.4, -0.2) is 47.7 Å². The summed E-state index contributed by atoms with van der Waals surface area (Å²) in [6.07, 6.45) is 0.895. The number of fused-ring (bicyclic) bond motifs is 1. The molecule has 2 aliphatic rings. The first kappa shape index (κ1) is 20.0. The molecule has 2 aromatic carbocycles. The van der Waals surface area contributed by atoms with Crippen molar-refractivity contribution in [2.45, 2.75) is 26.4 Å². The predicted octanol–water partition coefficient (Wildman–Crippen LogP) is 3.97. The lowest BCUT2D eigenvalue weighted by Crippen LogP contribution is -2.38. The first-order chi connectivity index (χ1) is 15.2. The summed E-state index contributed by atoms with van der Waals surface area (Å²) in [7, 11) is 0. The highest BCUT2D eigenvalue weighted by Crippen LogP contribution is 2.32. The van der Waals surface area contributed by atoms with Gasteiger partial charge in [-0.1, -0.05) is 48.0 Å². The van der Waals surface area contributed by atoms with Crippen molar-refractivity contribution in [3.8, 4) is 11.6 Å². The number of aromatic nitrogens is 2. The molecular formula is C25H28N4O2. The van der Waals surface area contributed by atoms with Gasteiger partial charge in [-0.05, 0) is 24.6 Å². The molecule has 1 aromatic heterocycles. The van der Waals surface area contributed by atoms with Crippen LogP contribution in [-0.2, 0) is 24.2 Å². The molecule has 6 nitrogen and oxygen atoms in total. The van der Waals surface area contributed by atoms with Crippen molar-refractivity contribution < 1.29 is 9.47 Å². The topological polar surface area (TPSA) is 50.7 Å². The molecule has 0 radical (unpaired) electrons. The first-order valence-corrected chi connectivity index (χ1v) is 11.0. The Morgan fingerprint density at radius 1 is 0.968 bits per heavy atom. The van der Waals surface area contributed by atoms with Crippen LogP contribution < -0.4 is 9.64 Å². The van der Waals surface area contributed by atoms with Crippen molar-refractivity contribution >= 4 is 5.95 Å². The van der Waals surface area contributed by atoms with Gasteiger partial charge in [-0.3, -0.25) is 4.90 Å². The molecule has 6 heteroatoms. The van der Waals surface area contributed by atoms with Gasteiger partial charge >= 0.3 is 0 Å². The zero-order valence-corrected chi connectivity index (χ0v) is 18.0. The largest absolute Gasteiger partial charge is 0.439 e. The third kappa shape index (κ3) is 4.70. The lowest BCUT2D eigenvalue weighted by molar-refractivity contribution is 0.122. The van der Waals surface area contributed by atoms with E-state index in [0.29, 0.717) is 19.1 Å². The Balaban J connectivity index is 1.44. The van der Waals surface area contributed by atoms with Gasteiger partial charge in [0.05, 0.1) is 24.5 Å². The van der Waals surface area contributed by atoms with E-state index in [2.05, 4.69) is 41.0 Å². The highest BCUT2D eigenvalue weighted by molar-refractivity contribution is 5.43. The highest BCUT2D eigenvalue weighted by atomic mass is 16.5. The average Bonchev–Trinajstić information content (AvgIpc) is 2.80. The van der Waals surface area contributed by atoms with Crippen LogP contribution in [0.1, 0.15) is 22.4 Å². The third-order valence-electron chi connectivity index (χ3n) is 5.83. The van der Waals surface area contributed by atoms with Crippen LogP contribution in [0.2, 0.25) is 0 Å². The molecule has 0 bridgehead atoms. The van der Waals surface area contributed by atoms with E-state index < -0.39 is 0 Å². The number of hydrogen-bond acceptors (Lipinski definition) is 6. The molecule has 1 fully saturated rings. The van der Waals surface area contributed by atoms with Gasteiger partial charge < -0.3 is 14.4 Å². The second-order valence-corrected chi connectivity index (χ2v) is 8.22. The van der Waals surface area contributed by atoms with Gasteiger partial charge in [-0.25, -0.2) is 4.98 Å². The van der Waals surface area contributed by atoms with E-state index in [1.54, 1.807) is 0 Å². The minimum atomic E-state index is 0.673. The quantitative estimate of drug-likeness (QED) is 0.627. The van der Waals surface area contributed by atoms with Gasteiger partial charge in [0.2, 0.25) is 11.8 Å². The van der Waals surface area contributed by atoms with Crippen molar-refractivity contribution in [3.05, 3.63) is 77.0 Å². The molecule has 0 saturated carbocycles. The Kier molecular flexibility index (Phi) is 5.82. The molecule has 0 unspecified atom stereocenters. The molecule has 31 heavy (non-hydrogen) atoms. The number of benzene rings is 2. The minimum absolute atomic E-state index is 0.673. The Hall–Kier alpha value is -2.96. The average molecular weight is 417 g/mol. The molecular weight excluding hydrogens is 388 g/mol. The smallest absolute Gasteiger partial charge is 0.229 e. The highest BCUT2D eigenvalue weighted by Gasteiger charge is 2.26. The second kappa shape index (κ2) is 9.04. The molecule has 0 amide bonds. The second-order valence-electron chi connectivity index (χ2n) is 8.22. The summed E-state index contributed by atoms with van der Waals surface area (Å²) in [6, 6.07) is 18.6. The minimum Gasteiger partial charge on any atom is -0.439 e. The predicted molar refractivity (Wildman–Crippen MR) is 121 cm³/mol. The zero-order valence-electron chi connectivity index (χ0n) is 18.0. The number of aryl methyl sites for hydroxylation is 1. The summed E-state index contributed by atoms with van der Waals surface area (Å²) in [4.78, 5) is 14.5. The fourth-order valence-electron chi connectivity index (χ4n) is 4.22. The maximum Gasteiger partial charge on any atom is 0.229 e. The first-order valence-electron chi connectivity index (χ1n) is 11.0. The summed E-state index contributed by atoms with van der Waals surface area (Å²) >= 11 is 0. The number of rotatable bonds is 5. The molecule has 0 aliphatic carbocycles.